The fourth-order valence-corrected chi connectivity index (χ4v) is 4.48. The topological polar surface area (TPSA) is 30.0 Å². The Hall–Kier alpha value is -1.26. The highest BCUT2D eigenvalue weighted by atomic mass is 32.3. The lowest BCUT2D eigenvalue weighted by Crippen LogP contribution is -2.27. The van der Waals surface area contributed by atoms with E-state index >= 15 is 0 Å². The molecule has 3 rings (SSSR count). The van der Waals surface area contributed by atoms with Gasteiger partial charge in [0.1, 0.15) is 0 Å². The minimum atomic E-state index is -0.0807. The van der Waals surface area contributed by atoms with Gasteiger partial charge in [0, 0.05) is 23.0 Å². The van der Waals surface area contributed by atoms with Gasteiger partial charge in [0.15, 0.2) is 5.78 Å². The SMILES string of the molecule is Cc1ccccc1C(=O)C(c1ccncc1)C1SCS1. The minimum absolute atomic E-state index is 0.0807. The van der Waals surface area contributed by atoms with Crippen LogP contribution in [0.15, 0.2) is 48.8 Å². The molecular weight excluding hydrogens is 286 g/mol. The van der Waals surface area contributed by atoms with Gasteiger partial charge >= 0.3 is 0 Å². The number of carbonyl (C=O) groups excluding carboxylic acids is 1. The fourth-order valence-electron chi connectivity index (χ4n) is 2.36. The number of hydrogen-bond acceptors (Lipinski definition) is 4. The number of carbonyl (C=O) groups is 1. The molecule has 1 fully saturated rings. The molecule has 2 nitrogen and oxygen atoms in total. The first-order valence-corrected chi connectivity index (χ1v) is 8.60. The summed E-state index contributed by atoms with van der Waals surface area (Å²) in [4.78, 5) is 17.0. The lowest BCUT2D eigenvalue weighted by atomic mass is 9.90. The van der Waals surface area contributed by atoms with Crippen molar-refractivity contribution in [2.45, 2.75) is 17.4 Å². The summed E-state index contributed by atoms with van der Waals surface area (Å²) in [6.45, 7) is 2.00. The van der Waals surface area contributed by atoms with Gasteiger partial charge in [-0.3, -0.25) is 9.78 Å². The average Bonchev–Trinajstić information content (AvgIpc) is 2.43. The van der Waals surface area contributed by atoms with Crippen LogP contribution in [0.5, 0.6) is 0 Å². The second kappa shape index (κ2) is 6.02. The van der Waals surface area contributed by atoms with Gasteiger partial charge in [0.25, 0.3) is 0 Å². The monoisotopic (exact) mass is 301 g/mol. The summed E-state index contributed by atoms with van der Waals surface area (Å²) >= 11 is 3.72. The number of benzene rings is 1. The molecule has 1 unspecified atom stereocenters. The van der Waals surface area contributed by atoms with E-state index in [1.165, 1.54) is 0 Å². The Balaban J connectivity index is 1.98. The van der Waals surface area contributed by atoms with Crippen LogP contribution in [-0.4, -0.2) is 20.4 Å². The van der Waals surface area contributed by atoms with Crippen molar-refractivity contribution in [1.29, 1.82) is 0 Å². The highest BCUT2D eigenvalue weighted by Crippen LogP contribution is 2.48. The molecule has 20 heavy (non-hydrogen) atoms. The molecule has 1 aromatic heterocycles. The van der Waals surface area contributed by atoms with Crippen LogP contribution in [0.25, 0.3) is 0 Å². The van der Waals surface area contributed by atoms with Gasteiger partial charge in [0.05, 0.1) is 10.5 Å². The van der Waals surface area contributed by atoms with Gasteiger partial charge in [-0.15, -0.1) is 23.5 Å². The van der Waals surface area contributed by atoms with Gasteiger partial charge in [-0.2, -0.15) is 0 Å². The summed E-state index contributed by atoms with van der Waals surface area (Å²) in [7, 11) is 0. The van der Waals surface area contributed by atoms with Gasteiger partial charge < -0.3 is 0 Å². The second-order valence-corrected chi connectivity index (χ2v) is 7.68. The van der Waals surface area contributed by atoms with Gasteiger partial charge in [-0.05, 0) is 30.2 Å². The summed E-state index contributed by atoms with van der Waals surface area (Å²) < 4.78 is 0.324. The molecule has 0 radical (unpaired) electrons. The number of pyridine rings is 1. The molecular formula is C16H15NOS2. The predicted molar refractivity (Wildman–Crippen MR) is 86.3 cm³/mol. The van der Waals surface area contributed by atoms with Crippen LogP contribution in [-0.2, 0) is 0 Å². The van der Waals surface area contributed by atoms with Crippen LogP contribution in [0.3, 0.4) is 0 Å². The number of thioether (sulfide) groups is 2. The Morgan fingerprint density at radius 2 is 1.90 bits per heavy atom. The van der Waals surface area contributed by atoms with Crippen LogP contribution in [0.4, 0.5) is 0 Å². The molecule has 1 aliphatic rings. The fraction of sp³-hybridized carbons (Fsp3) is 0.250. The third-order valence-corrected chi connectivity index (χ3v) is 6.60. The maximum atomic E-state index is 13.0. The molecule has 0 spiro atoms. The molecule has 0 N–H and O–H groups in total. The molecule has 1 aromatic carbocycles. The first-order valence-electron chi connectivity index (χ1n) is 6.50. The highest BCUT2D eigenvalue weighted by molar-refractivity contribution is 8.32. The van der Waals surface area contributed by atoms with E-state index in [4.69, 9.17) is 0 Å². The molecule has 2 aromatic rings. The number of hydrogen-bond donors (Lipinski definition) is 0. The number of nitrogens with zero attached hydrogens (tertiary/aromatic N) is 1. The van der Waals surface area contributed by atoms with Crippen molar-refractivity contribution in [1.82, 2.24) is 4.98 Å². The van der Waals surface area contributed by atoms with Gasteiger partial charge in [-0.1, -0.05) is 24.3 Å². The van der Waals surface area contributed by atoms with Crippen molar-refractivity contribution in [2.75, 3.05) is 5.08 Å². The van der Waals surface area contributed by atoms with Gasteiger partial charge in [-0.25, -0.2) is 0 Å². The standard InChI is InChI=1S/C16H15NOS2/c1-11-4-2-3-5-13(11)15(18)14(16-19-10-20-16)12-6-8-17-9-7-12/h2-9,14,16H,10H2,1H3. The number of aryl methyl sites for hydroxylation is 1. The summed E-state index contributed by atoms with van der Waals surface area (Å²) in [6.07, 6.45) is 3.53. The highest BCUT2D eigenvalue weighted by Gasteiger charge is 2.36. The van der Waals surface area contributed by atoms with Crippen LogP contribution in [0.2, 0.25) is 0 Å². The third kappa shape index (κ3) is 2.63. The second-order valence-electron chi connectivity index (χ2n) is 4.76. The van der Waals surface area contributed by atoms with E-state index < -0.39 is 0 Å². The Labute approximate surface area is 127 Å². The smallest absolute Gasteiger partial charge is 0.172 e. The summed E-state index contributed by atoms with van der Waals surface area (Å²) in [5.74, 6) is 0.141. The maximum Gasteiger partial charge on any atom is 0.172 e. The predicted octanol–water partition coefficient (Wildman–Crippen LogP) is 4.12. The Morgan fingerprint density at radius 3 is 2.50 bits per heavy atom. The number of Topliss-reactive ketones (excluding diaryl/α,β-unsaturated/α-hetero) is 1. The van der Waals surface area contributed by atoms with Crippen LogP contribution < -0.4 is 0 Å². The first-order chi connectivity index (χ1) is 9.77. The molecule has 0 aliphatic carbocycles. The summed E-state index contributed by atoms with van der Waals surface area (Å²) in [5, 5.41) is 1.08. The van der Waals surface area contributed by atoms with Crippen molar-refractivity contribution >= 4 is 29.3 Å². The van der Waals surface area contributed by atoms with Crippen molar-refractivity contribution in [3.63, 3.8) is 0 Å². The first kappa shape index (κ1) is 13.7. The van der Waals surface area contributed by atoms with Gasteiger partial charge in [0.2, 0.25) is 0 Å². The van der Waals surface area contributed by atoms with Crippen molar-refractivity contribution in [3.05, 3.63) is 65.5 Å². The zero-order chi connectivity index (χ0) is 13.9. The lowest BCUT2D eigenvalue weighted by Gasteiger charge is -2.32. The van der Waals surface area contributed by atoms with E-state index in [0.29, 0.717) is 4.58 Å². The zero-order valence-corrected chi connectivity index (χ0v) is 12.8. The van der Waals surface area contributed by atoms with Crippen molar-refractivity contribution in [3.8, 4) is 0 Å². The average molecular weight is 301 g/mol. The van der Waals surface area contributed by atoms with E-state index in [-0.39, 0.29) is 11.7 Å². The normalized spacial score (nSPS) is 16.4. The molecule has 1 saturated heterocycles. The molecule has 0 saturated carbocycles. The minimum Gasteiger partial charge on any atom is -0.293 e. The van der Waals surface area contributed by atoms with E-state index in [9.17, 15) is 4.79 Å². The van der Waals surface area contributed by atoms with Crippen molar-refractivity contribution in [2.24, 2.45) is 0 Å². The Kier molecular flexibility index (Phi) is 4.13. The molecule has 102 valence electrons. The maximum absolute atomic E-state index is 13.0. The van der Waals surface area contributed by atoms with E-state index in [2.05, 4.69) is 4.98 Å². The van der Waals surface area contributed by atoms with E-state index in [1.807, 2.05) is 66.8 Å². The quantitative estimate of drug-likeness (QED) is 0.795. The largest absolute Gasteiger partial charge is 0.293 e. The van der Waals surface area contributed by atoms with Crippen LogP contribution in [0.1, 0.15) is 27.4 Å². The molecule has 1 aliphatic heterocycles. The number of aromatic nitrogens is 1. The zero-order valence-electron chi connectivity index (χ0n) is 11.2. The lowest BCUT2D eigenvalue weighted by molar-refractivity contribution is 0.0964. The number of rotatable bonds is 4. The van der Waals surface area contributed by atoms with E-state index in [1.54, 1.807) is 12.4 Å². The molecule has 0 amide bonds. The Bertz CT molecular complexity index is 611. The molecule has 0 bridgehead atoms. The summed E-state index contributed by atoms with van der Waals surface area (Å²) in [6, 6.07) is 11.8. The van der Waals surface area contributed by atoms with E-state index in [0.717, 1.165) is 21.8 Å². The third-order valence-electron chi connectivity index (χ3n) is 3.49. The molecule has 4 heteroatoms. The molecule has 1 atom stereocenters. The summed E-state index contributed by atoms with van der Waals surface area (Å²) in [5.41, 5.74) is 2.95. The Morgan fingerprint density at radius 1 is 1.20 bits per heavy atom. The molecule has 2 heterocycles. The van der Waals surface area contributed by atoms with Crippen LogP contribution >= 0.6 is 23.5 Å². The number of ketones is 1. The van der Waals surface area contributed by atoms with Crippen molar-refractivity contribution < 1.29 is 4.79 Å². The van der Waals surface area contributed by atoms with Crippen LogP contribution in [0, 0.1) is 6.92 Å².